The molecule has 1 atom stereocenters. The molecular formula is C13H14O3. The van der Waals surface area contributed by atoms with Crippen LogP contribution in [0.2, 0.25) is 0 Å². The van der Waals surface area contributed by atoms with Gasteiger partial charge in [0.1, 0.15) is 6.61 Å². The molecule has 0 N–H and O–H groups in total. The van der Waals surface area contributed by atoms with Crippen molar-refractivity contribution in [2.45, 2.75) is 6.10 Å². The molecule has 0 saturated carbocycles. The van der Waals surface area contributed by atoms with Crippen LogP contribution in [0, 0.1) is 0 Å². The van der Waals surface area contributed by atoms with Crippen LogP contribution >= 0.6 is 0 Å². The van der Waals surface area contributed by atoms with Crippen molar-refractivity contribution in [1.29, 1.82) is 0 Å². The Morgan fingerprint density at radius 1 is 1.06 bits per heavy atom. The van der Waals surface area contributed by atoms with Crippen molar-refractivity contribution in [3.63, 3.8) is 0 Å². The Morgan fingerprint density at radius 2 is 1.69 bits per heavy atom. The Hall–Kier alpha value is -2.03. The van der Waals surface area contributed by atoms with Gasteiger partial charge < -0.3 is 9.47 Å². The van der Waals surface area contributed by atoms with Crippen molar-refractivity contribution < 1.29 is 14.3 Å². The summed E-state index contributed by atoms with van der Waals surface area (Å²) in [5.74, 6) is 0. The molecule has 1 unspecified atom stereocenters. The van der Waals surface area contributed by atoms with E-state index in [4.69, 9.17) is 4.74 Å². The maximum absolute atomic E-state index is 10.6. The molecular weight excluding hydrogens is 204 g/mol. The highest BCUT2D eigenvalue weighted by atomic mass is 16.8. The lowest BCUT2D eigenvalue weighted by Crippen LogP contribution is -2.04. The lowest BCUT2D eigenvalue weighted by atomic mass is 10.3. The topological polar surface area (TPSA) is 35.5 Å². The minimum atomic E-state index is -0.604. The van der Waals surface area contributed by atoms with E-state index in [-0.39, 0.29) is 6.10 Å². The minimum Gasteiger partial charge on any atom is -0.430 e. The monoisotopic (exact) mass is 218 g/mol. The first-order chi connectivity index (χ1) is 7.83. The first kappa shape index (κ1) is 12.0. The Bertz CT molecular complexity index is 348. The van der Waals surface area contributed by atoms with Gasteiger partial charge in [0.05, 0.1) is 0 Å². The van der Waals surface area contributed by atoms with Crippen LogP contribution in [0.25, 0.3) is 0 Å². The first-order valence-electron chi connectivity index (χ1n) is 4.95. The van der Waals surface area contributed by atoms with Crippen LogP contribution in [0.4, 0.5) is 4.79 Å². The summed E-state index contributed by atoms with van der Waals surface area (Å²) in [4.78, 5) is 10.6. The standard InChI is InChI=1S/C13H14O3/c1-2-3-4-5-6-7-8-9-10-12-11-15-13(14)16-12/h2-10,12H,1,11H2. The van der Waals surface area contributed by atoms with Gasteiger partial charge in [0.15, 0.2) is 6.10 Å². The highest BCUT2D eigenvalue weighted by molar-refractivity contribution is 5.62. The summed E-state index contributed by atoms with van der Waals surface area (Å²) in [6.45, 7) is 3.85. The van der Waals surface area contributed by atoms with Gasteiger partial charge in [0.25, 0.3) is 0 Å². The van der Waals surface area contributed by atoms with Crippen molar-refractivity contribution in [2.75, 3.05) is 6.61 Å². The number of allylic oxidation sites excluding steroid dienone is 8. The van der Waals surface area contributed by atoms with Crippen molar-refractivity contribution in [1.82, 2.24) is 0 Å². The molecule has 0 aliphatic carbocycles. The fourth-order valence-electron chi connectivity index (χ4n) is 1.02. The van der Waals surface area contributed by atoms with Crippen LogP contribution in [-0.4, -0.2) is 18.9 Å². The molecule has 0 aromatic heterocycles. The van der Waals surface area contributed by atoms with Gasteiger partial charge in [-0.3, -0.25) is 0 Å². The molecule has 3 nitrogen and oxygen atoms in total. The molecule has 0 aromatic rings. The summed E-state index contributed by atoms with van der Waals surface area (Å²) in [5.41, 5.74) is 0. The van der Waals surface area contributed by atoms with Gasteiger partial charge in [0.2, 0.25) is 0 Å². The van der Waals surface area contributed by atoms with Gasteiger partial charge >= 0.3 is 6.16 Å². The fraction of sp³-hybridized carbons (Fsp3) is 0.154. The molecule has 16 heavy (non-hydrogen) atoms. The molecule has 0 aromatic carbocycles. The number of rotatable bonds is 5. The quantitative estimate of drug-likeness (QED) is 0.525. The maximum Gasteiger partial charge on any atom is 0.509 e. The summed E-state index contributed by atoms with van der Waals surface area (Å²) >= 11 is 0. The van der Waals surface area contributed by atoms with Gasteiger partial charge in [-0.05, 0) is 6.08 Å². The summed E-state index contributed by atoms with van der Waals surface area (Å²) < 4.78 is 9.42. The maximum atomic E-state index is 10.6. The number of carbonyl (C=O) groups is 1. The largest absolute Gasteiger partial charge is 0.509 e. The molecule has 1 aliphatic rings. The molecule has 0 bridgehead atoms. The summed E-state index contributed by atoms with van der Waals surface area (Å²) in [5, 5.41) is 0. The lowest BCUT2D eigenvalue weighted by Gasteiger charge is -1.94. The van der Waals surface area contributed by atoms with Gasteiger partial charge in [-0.15, -0.1) is 0 Å². The van der Waals surface area contributed by atoms with Crippen molar-refractivity contribution in [3.8, 4) is 0 Å². The van der Waals surface area contributed by atoms with Gasteiger partial charge in [0, 0.05) is 0 Å². The normalized spacial score (nSPS) is 21.2. The molecule has 84 valence electrons. The second-order valence-electron chi connectivity index (χ2n) is 2.99. The van der Waals surface area contributed by atoms with E-state index >= 15 is 0 Å². The highest BCUT2D eigenvalue weighted by Crippen LogP contribution is 2.06. The zero-order valence-electron chi connectivity index (χ0n) is 8.91. The molecule has 1 aliphatic heterocycles. The molecule has 1 heterocycles. The van der Waals surface area contributed by atoms with Crippen molar-refractivity contribution in [2.24, 2.45) is 0 Å². The van der Waals surface area contributed by atoms with E-state index < -0.39 is 6.16 Å². The van der Waals surface area contributed by atoms with Gasteiger partial charge in [-0.25, -0.2) is 4.79 Å². The Balaban J connectivity index is 2.23. The number of cyclic esters (lactones) is 2. The summed E-state index contributed by atoms with van der Waals surface area (Å²) in [6, 6.07) is 0. The average molecular weight is 218 g/mol. The third-order valence-electron chi connectivity index (χ3n) is 1.74. The predicted octanol–water partition coefficient (Wildman–Crippen LogP) is 2.93. The van der Waals surface area contributed by atoms with E-state index in [1.165, 1.54) is 0 Å². The second kappa shape index (κ2) is 7.29. The van der Waals surface area contributed by atoms with Crippen LogP contribution in [0.1, 0.15) is 0 Å². The van der Waals surface area contributed by atoms with Crippen molar-refractivity contribution in [3.05, 3.63) is 61.3 Å². The third-order valence-corrected chi connectivity index (χ3v) is 1.74. The Morgan fingerprint density at radius 3 is 2.25 bits per heavy atom. The zero-order chi connectivity index (χ0) is 11.6. The van der Waals surface area contributed by atoms with Crippen LogP contribution in [0.5, 0.6) is 0 Å². The minimum absolute atomic E-state index is 0.262. The molecule has 0 spiro atoms. The summed E-state index contributed by atoms with van der Waals surface area (Å²) in [7, 11) is 0. The van der Waals surface area contributed by atoms with Gasteiger partial charge in [-0.1, -0.05) is 55.2 Å². The Kier molecular flexibility index (Phi) is 5.48. The highest BCUT2D eigenvalue weighted by Gasteiger charge is 2.21. The number of hydrogen-bond donors (Lipinski definition) is 0. The van der Waals surface area contributed by atoms with Crippen LogP contribution < -0.4 is 0 Å². The van der Waals surface area contributed by atoms with Crippen LogP contribution in [0.3, 0.4) is 0 Å². The van der Waals surface area contributed by atoms with E-state index in [0.29, 0.717) is 6.61 Å². The van der Waals surface area contributed by atoms with Crippen LogP contribution in [-0.2, 0) is 9.47 Å². The second-order valence-corrected chi connectivity index (χ2v) is 2.99. The zero-order valence-corrected chi connectivity index (χ0v) is 8.91. The first-order valence-corrected chi connectivity index (χ1v) is 4.95. The number of hydrogen-bond acceptors (Lipinski definition) is 3. The van der Waals surface area contributed by atoms with Crippen molar-refractivity contribution >= 4 is 6.16 Å². The van der Waals surface area contributed by atoms with E-state index in [1.54, 1.807) is 12.2 Å². The Labute approximate surface area is 95.1 Å². The molecule has 3 heteroatoms. The molecule has 1 rings (SSSR count). The number of carbonyl (C=O) groups excluding carboxylic acids is 1. The third kappa shape index (κ3) is 5.00. The fourth-order valence-corrected chi connectivity index (χ4v) is 1.02. The van der Waals surface area contributed by atoms with E-state index in [9.17, 15) is 4.79 Å². The van der Waals surface area contributed by atoms with E-state index in [2.05, 4.69) is 11.3 Å². The molecule has 1 saturated heterocycles. The van der Waals surface area contributed by atoms with Crippen LogP contribution in [0.15, 0.2) is 61.3 Å². The smallest absolute Gasteiger partial charge is 0.430 e. The summed E-state index contributed by atoms with van der Waals surface area (Å²) in [6.07, 6.45) is 15.7. The number of ether oxygens (including phenoxy) is 2. The van der Waals surface area contributed by atoms with E-state index in [0.717, 1.165) is 0 Å². The van der Waals surface area contributed by atoms with Gasteiger partial charge in [-0.2, -0.15) is 0 Å². The molecule has 1 fully saturated rings. The molecule has 0 radical (unpaired) electrons. The SMILES string of the molecule is C=CC=CC=CC=CC=CC1COC(=O)O1. The van der Waals surface area contributed by atoms with E-state index in [1.807, 2.05) is 42.5 Å². The lowest BCUT2D eigenvalue weighted by molar-refractivity contribution is 0.125. The predicted molar refractivity (Wildman–Crippen MR) is 63.0 cm³/mol. The molecule has 0 amide bonds. The average Bonchev–Trinajstić information content (AvgIpc) is 2.68.